The normalized spacial score (nSPS) is 20.7. The summed E-state index contributed by atoms with van der Waals surface area (Å²) in [7, 11) is 0. The molecular weight excluding hydrogens is 618 g/mol. The van der Waals surface area contributed by atoms with Crippen LogP contribution in [0.25, 0.3) is 0 Å². The predicted octanol–water partition coefficient (Wildman–Crippen LogP) is 4.04. The third-order valence-electron chi connectivity index (χ3n) is 7.17. The molecule has 234 valence electrons. The van der Waals surface area contributed by atoms with Crippen LogP contribution in [0.1, 0.15) is 57.3 Å². The minimum Gasteiger partial charge on any atom is -0.494 e. The van der Waals surface area contributed by atoms with Crippen molar-refractivity contribution in [3.05, 3.63) is 64.1 Å². The highest BCUT2D eigenvalue weighted by Crippen LogP contribution is 2.45. The van der Waals surface area contributed by atoms with E-state index in [1.54, 1.807) is 12.1 Å². The number of carbonyl (C=O) groups excluding carboxylic acids is 2. The molecule has 0 aromatic heterocycles. The number of halogens is 1. The molecule has 0 spiro atoms. The van der Waals surface area contributed by atoms with Crippen molar-refractivity contribution in [3.63, 3.8) is 0 Å². The van der Waals surface area contributed by atoms with Crippen LogP contribution in [-0.4, -0.2) is 91.5 Å². The lowest BCUT2D eigenvalue weighted by atomic mass is 9.83. The highest BCUT2D eigenvalue weighted by molar-refractivity contribution is 9.10. The van der Waals surface area contributed by atoms with Crippen LogP contribution in [0, 0.1) is 0 Å². The Balaban J connectivity index is 1.66. The van der Waals surface area contributed by atoms with Gasteiger partial charge < -0.3 is 29.4 Å². The summed E-state index contributed by atoms with van der Waals surface area (Å²) in [5, 5.41) is 12.1. The standard InChI is InChI=1S/C32H42BrN3O7/c1-31(2,3)43-27(38)13-14-32(30(39)34-15-16-36-17-21-40-22-18-36)28(25-7-4-5-8-26(25)33)42-29(35-32)23-9-11-24(12-10-23)41-20-6-19-37/h4-5,7-12,28,37H,6,13-22H2,1-3H3,(H,34,39)/t28-,32-/m1/s1. The van der Waals surface area contributed by atoms with Gasteiger partial charge in [-0.2, -0.15) is 0 Å². The van der Waals surface area contributed by atoms with Gasteiger partial charge in [-0.05, 0) is 57.5 Å². The average molecular weight is 661 g/mol. The zero-order valence-corrected chi connectivity index (χ0v) is 26.7. The third kappa shape index (κ3) is 9.01. The lowest BCUT2D eigenvalue weighted by molar-refractivity contribution is -0.155. The summed E-state index contributed by atoms with van der Waals surface area (Å²) in [5.74, 6) is 0.223. The first kappa shape index (κ1) is 32.9. The molecular formula is C32H42BrN3O7. The number of morpholine rings is 1. The second-order valence-corrected chi connectivity index (χ2v) is 12.5. The summed E-state index contributed by atoms with van der Waals surface area (Å²) in [4.78, 5) is 34.4. The van der Waals surface area contributed by atoms with Crippen molar-refractivity contribution >= 4 is 33.7 Å². The highest BCUT2D eigenvalue weighted by atomic mass is 79.9. The first-order valence-corrected chi connectivity index (χ1v) is 15.6. The van der Waals surface area contributed by atoms with Gasteiger partial charge in [-0.15, -0.1) is 0 Å². The van der Waals surface area contributed by atoms with Gasteiger partial charge in [0.2, 0.25) is 5.90 Å². The Bertz CT molecular complexity index is 1260. The van der Waals surface area contributed by atoms with Crippen LogP contribution >= 0.6 is 15.9 Å². The SMILES string of the molecule is CC(C)(C)OC(=O)CC[C@@]1(C(=O)NCCN2CCOCC2)N=C(c2ccc(OCCCO)cc2)O[C@@H]1c1ccccc1Br. The number of nitrogens with zero attached hydrogens (tertiary/aromatic N) is 2. The van der Waals surface area contributed by atoms with Crippen molar-refractivity contribution in [1.82, 2.24) is 10.2 Å². The Morgan fingerprint density at radius 3 is 2.53 bits per heavy atom. The van der Waals surface area contributed by atoms with Crippen LogP contribution in [0.4, 0.5) is 0 Å². The maximum absolute atomic E-state index is 14.2. The lowest BCUT2D eigenvalue weighted by Gasteiger charge is -2.32. The van der Waals surface area contributed by atoms with Crippen molar-refractivity contribution in [1.29, 1.82) is 0 Å². The van der Waals surface area contributed by atoms with E-state index in [9.17, 15) is 9.59 Å². The number of amides is 1. The molecule has 1 amide bonds. The summed E-state index contributed by atoms with van der Waals surface area (Å²) in [5.41, 5.74) is -0.671. The molecule has 2 atom stereocenters. The fraction of sp³-hybridized carbons (Fsp3) is 0.531. The van der Waals surface area contributed by atoms with E-state index in [1.165, 1.54) is 0 Å². The number of hydrogen-bond acceptors (Lipinski definition) is 9. The molecule has 2 aromatic rings. The molecule has 2 heterocycles. The van der Waals surface area contributed by atoms with E-state index >= 15 is 0 Å². The van der Waals surface area contributed by atoms with Gasteiger partial charge in [0.25, 0.3) is 5.91 Å². The summed E-state index contributed by atoms with van der Waals surface area (Å²) >= 11 is 3.64. The highest BCUT2D eigenvalue weighted by Gasteiger charge is 2.53. The fourth-order valence-electron chi connectivity index (χ4n) is 5.03. The van der Waals surface area contributed by atoms with Crippen LogP contribution < -0.4 is 10.1 Å². The molecule has 0 saturated carbocycles. The smallest absolute Gasteiger partial charge is 0.306 e. The van der Waals surface area contributed by atoms with Gasteiger partial charge in [0.05, 0.1) is 19.8 Å². The van der Waals surface area contributed by atoms with Gasteiger partial charge in [-0.3, -0.25) is 14.5 Å². The Morgan fingerprint density at radius 2 is 1.86 bits per heavy atom. The number of aliphatic hydroxyl groups excluding tert-OH is 1. The van der Waals surface area contributed by atoms with E-state index in [0.29, 0.717) is 56.5 Å². The molecule has 1 fully saturated rings. The van der Waals surface area contributed by atoms with Crippen LogP contribution in [0.5, 0.6) is 5.75 Å². The van der Waals surface area contributed by atoms with Gasteiger partial charge in [-0.25, -0.2) is 4.99 Å². The molecule has 1 saturated heterocycles. The van der Waals surface area contributed by atoms with E-state index in [0.717, 1.165) is 23.1 Å². The molecule has 0 bridgehead atoms. The number of hydrogen-bond donors (Lipinski definition) is 2. The maximum Gasteiger partial charge on any atom is 0.306 e. The zero-order valence-electron chi connectivity index (χ0n) is 25.1. The number of benzene rings is 2. The number of ether oxygens (including phenoxy) is 4. The van der Waals surface area contributed by atoms with Gasteiger partial charge in [-0.1, -0.05) is 34.1 Å². The van der Waals surface area contributed by atoms with Crippen molar-refractivity contribution in [2.75, 3.05) is 52.6 Å². The van der Waals surface area contributed by atoms with Crippen molar-refractivity contribution in [2.45, 2.75) is 57.3 Å². The summed E-state index contributed by atoms with van der Waals surface area (Å²) < 4.78 is 24.0. The third-order valence-corrected chi connectivity index (χ3v) is 7.89. The largest absolute Gasteiger partial charge is 0.494 e. The predicted molar refractivity (Wildman–Crippen MR) is 166 cm³/mol. The zero-order chi connectivity index (χ0) is 30.9. The number of aliphatic hydroxyl groups is 1. The quantitative estimate of drug-likeness (QED) is 0.244. The summed E-state index contributed by atoms with van der Waals surface area (Å²) in [6.07, 6.45) is -0.202. The number of aliphatic imine (C=N–C) groups is 1. The van der Waals surface area contributed by atoms with Gasteiger partial charge >= 0.3 is 5.97 Å². The molecule has 2 N–H and O–H groups in total. The Labute approximate surface area is 261 Å². The van der Waals surface area contributed by atoms with Crippen molar-refractivity contribution < 1.29 is 33.6 Å². The molecule has 2 aromatic carbocycles. The van der Waals surface area contributed by atoms with E-state index in [-0.39, 0.29) is 25.4 Å². The molecule has 10 nitrogen and oxygen atoms in total. The molecule has 0 unspecified atom stereocenters. The monoisotopic (exact) mass is 659 g/mol. The maximum atomic E-state index is 14.2. The number of esters is 1. The van der Waals surface area contributed by atoms with Gasteiger partial charge in [0.1, 0.15) is 11.4 Å². The first-order valence-electron chi connectivity index (χ1n) is 14.8. The minimum atomic E-state index is -1.43. The van der Waals surface area contributed by atoms with Gasteiger partial charge in [0, 0.05) is 61.2 Å². The Kier molecular flexibility index (Phi) is 11.6. The molecule has 4 rings (SSSR count). The fourth-order valence-corrected chi connectivity index (χ4v) is 5.52. The molecule has 43 heavy (non-hydrogen) atoms. The van der Waals surface area contributed by atoms with E-state index in [4.69, 9.17) is 29.0 Å². The minimum absolute atomic E-state index is 0.0210. The second kappa shape index (κ2) is 15.1. The van der Waals surface area contributed by atoms with Crippen LogP contribution in [0.2, 0.25) is 0 Å². The number of nitrogens with one attached hydrogen (secondary N) is 1. The van der Waals surface area contributed by atoms with Crippen LogP contribution in [-0.2, 0) is 23.8 Å². The molecule has 0 radical (unpaired) electrons. The average Bonchev–Trinajstić information content (AvgIpc) is 3.37. The second-order valence-electron chi connectivity index (χ2n) is 11.6. The first-order chi connectivity index (χ1) is 20.6. The lowest BCUT2D eigenvalue weighted by Crippen LogP contribution is -2.51. The summed E-state index contributed by atoms with van der Waals surface area (Å²) in [6.45, 7) is 9.95. The van der Waals surface area contributed by atoms with E-state index in [1.807, 2.05) is 57.2 Å². The van der Waals surface area contributed by atoms with Crippen molar-refractivity contribution in [3.8, 4) is 5.75 Å². The molecule has 2 aliphatic heterocycles. The Morgan fingerprint density at radius 1 is 1.14 bits per heavy atom. The Hall–Kier alpha value is -2.99. The summed E-state index contributed by atoms with van der Waals surface area (Å²) in [6, 6.07) is 14.8. The molecule has 2 aliphatic rings. The van der Waals surface area contributed by atoms with E-state index < -0.39 is 23.2 Å². The van der Waals surface area contributed by atoms with Crippen LogP contribution in [0.15, 0.2) is 58.0 Å². The topological polar surface area (TPSA) is 119 Å². The number of carbonyl (C=O) groups is 2. The van der Waals surface area contributed by atoms with Gasteiger partial charge in [0.15, 0.2) is 11.6 Å². The van der Waals surface area contributed by atoms with Crippen LogP contribution in [0.3, 0.4) is 0 Å². The molecule has 0 aliphatic carbocycles. The molecule has 11 heteroatoms. The van der Waals surface area contributed by atoms with E-state index in [2.05, 4.69) is 26.1 Å². The number of rotatable bonds is 13. The van der Waals surface area contributed by atoms with Crippen molar-refractivity contribution in [2.24, 2.45) is 4.99 Å².